The zero-order valence-electron chi connectivity index (χ0n) is 12.2. The van der Waals surface area contributed by atoms with Gasteiger partial charge in [-0.3, -0.25) is 4.79 Å². The predicted molar refractivity (Wildman–Crippen MR) is 82.2 cm³/mol. The van der Waals surface area contributed by atoms with Crippen molar-refractivity contribution in [2.45, 2.75) is 26.2 Å². The van der Waals surface area contributed by atoms with Crippen molar-refractivity contribution >= 4 is 11.6 Å². The number of nitrogens with one attached hydrogen (secondary N) is 1. The number of fused-ring (bicyclic) bond motifs is 1. The van der Waals surface area contributed by atoms with E-state index in [4.69, 9.17) is 4.74 Å². The van der Waals surface area contributed by atoms with Gasteiger partial charge in [-0.15, -0.1) is 0 Å². The van der Waals surface area contributed by atoms with Crippen LogP contribution in [0.25, 0.3) is 0 Å². The Morgan fingerprint density at radius 3 is 2.90 bits per heavy atom. The molecule has 1 amide bonds. The average molecular weight is 284 g/mol. The molecule has 2 aliphatic carbocycles. The summed E-state index contributed by atoms with van der Waals surface area (Å²) in [5.41, 5.74) is 4.94. The molecule has 0 bridgehead atoms. The second-order valence-corrected chi connectivity index (χ2v) is 5.56. The highest BCUT2D eigenvalue weighted by atomic mass is 16.5. The normalized spacial score (nSPS) is 24.5. The maximum atomic E-state index is 11.7. The summed E-state index contributed by atoms with van der Waals surface area (Å²) in [7, 11) is 0. The van der Waals surface area contributed by atoms with E-state index in [1.807, 2.05) is 24.3 Å². The molecule has 1 aromatic carbocycles. The van der Waals surface area contributed by atoms with Crippen molar-refractivity contribution in [3.05, 3.63) is 42.0 Å². The van der Waals surface area contributed by atoms with Gasteiger partial charge in [0, 0.05) is 11.6 Å². The van der Waals surface area contributed by atoms with Gasteiger partial charge < -0.3 is 4.74 Å². The number of benzene rings is 1. The molecule has 1 N–H and O–H groups in total. The van der Waals surface area contributed by atoms with Crippen LogP contribution in [0.2, 0.25) is 0 Å². The molecule has 1 aromatic rings. The van der Waals surface area contributed by atoms with Crippen LogP contribution >= 0.6 is 0 Å². The monoisotopic (exact) mass is 284 g/mol. The summed E-state index contributed by atoms with van der Waals surface area (Å²) in [6.07, 6.45) is 7.47. The summed E-state index contributed by atoms with van der Waals surface area (Å²) < 4.78 is 5.44. The van der Waals surface area contributed by atoms with Crippen LogP contribution in [0.15, 0.2) is 41.5 Å². The molecule has 0 spiro atoms. The van der Waals surface area contributed by atoms with Crippen LogP contribution in [0.3, 0.4) is 0 Å². The number of hydrogen-bond acceptors (Lipinski definition) is 3. The summed E-state index contributed by atoms with van der Waals surface area (Å²) in [6.45, 7) is 2.10. The highest BCUT2D eigenvalue weighted by Gasteiger charge is 2.37. The van der Waals surface area contributed by atoms with Crippen LogP contribution in [0.4, 0.5) is 0 Å². The van der Waals surface area contributed by atoms with Gasteiger partial charge in [0.15, 0.2) is 6.61 Å². The van der Waals surface area contributed by atoms with Gasteiger partial charge in [0.1, 0.15) is 5.75 Å². The summed E-state index contributed by atoms with van der Waals surface area (Å²) >= 11 is 0. The number of carbonyl (C=O) groups excluding carboxylic acids is 1. The van der Waals surface area contributed by atoms with Crippen molar-refractivity contribution in [1.29, 1.82) is 0 Å². The lowest BCUT2D eigenvalue weighted by Gasteiger charge is -2.31. The molecule has 0 aliphatic heterocycles. The number of hydrazone groups is 1. The largest absolute Gasteiger partial charge is 0.484 e. The second kappa shape index (κ2) is 6.12. The minimum atomic E-state index is -0.212. The molecular weight excluding hydrogens is 264 g/mol. The van der Waals surface area contributed by atoms with Gasteiger partial charge in [0.2, 0.25) is 0 Å². The van der Waals surface area contributed by atoms with Crippen molar-refractivity contribution in [3.8, 4) is 5.75 Å². The minimum absolute atomic E-state index is 0.00536. The molecule has 110 valence electrons. The maximum absolute atomic E-state index is 11.7. The van der Waals surface area contributed by atoms with Crippen LogP contribution in [0.5, 0.6) is 5.75 Å². The number of rotatable bonds is 5. The van der Waals surface area contributed by atoms with Gasteiger partial charge >= 0.3 is 0 Å². The fourth-order valence-corrected chi connectivity index (χ4v) is 2.80. The number of nitrogens with zero attached hydrogens (tertiary/aromatic N) is 1. The standard InChI is InChI=1S/C17H20N2O2/c1-2-12-6-8-14(9-7-12)21-11-17(20)19-18-16-10-13-4-3-5-15(13)16/h3-4,6-9,13,15H,2,5,10-11H2,1H3,(H,19,20)/b18-16+. The Bertz CT molecular complexity index is 575. The highest BCUT2D eigenvalue weighted by Crippen LogP contribution is 2.39. The molecule has 0 radical (unpaired) electrons. The van der Waals surface area contributed by atoms with Crippen molar-refractivity contribution in [2.75, 3.05) is 6.61 Å². The highest BCUT2D eigenvalue weighted by molar-refractivity contribution is 5.94. The van der Waals surface area contributed by atoms with Crippen molar-refractivity contribution in [3.63, 3.8) is 0 Å². The molecule has 4 nitrogen and oxygen atoms in total. The Labute approximate surface area is 124 Å². The van der Waals surface area contributed by atoms with E-state index in [-0.39, 0.29) is 12.5 Å². The number of carbonyl (C=O) groups is 1. The van der Waals surface area contributed by atoms with E-state index < -0.39 is 0 Å². The number of ether oxygens (including phenoxy) is 1. The first-order valence-corrected chi connectivity index (χ1v) is 7.50. The van der Waals surface area contributed by atoms with Crippen LogP contribution < -0.4 is 10.2 Å². The average Bonchev–Trinajstić information content (AvgIpc) is 2.87. The van der Waals surface area contributed by atoms with Gasteiger partial charge in [0.05, 0.1) is 0 Å². The lowest BCUT2D eigenvalue weighted by molar-refractivity contribution is -0.123. The first kappa shape index (κ1) is 13.9. The van der Waals surface area contributed by atoms with Gasteiger partial charge in [-0.1, -0.05) is 31.2 Å². The molecule has 0 aromatic heterocycles. The summed E-state index contributed by atoms with van der Waals surface area (Å²) in [5, 5.41) is 4.21. The molecule has 1 saturated carbocycles. The quantitative estimate of drug-likeness (QED) is 0.667. The van der Waals surface area contributed by atoms with E-state index in [0.717, 1.165) is 25.0 Å². The van der Waals surface area contributed by atoms with Crippen molar-refractivity contribution in [1.82, 2.24) is 5.43 Å². The molecule has 4 heteroatoms. The second-order valence-electron chi connectivity index (χ2n) is 5.56. The summed E-state index contributed by atoms with van der Waals surface area (Å²) in [4.78, 5) is 11.7. The molecular formula is C17H20N2O2. The van der Waals surface area contributed by atoms with Crippen LogP contribution in [0, 0.1) is 11.8 Å². The van der Waals surface area contributed by atoms with E-state index in [1.54, 1.807) is 0 Å². The van der Waals surface area contributed by atoms with Crippen LogP contribution in [0.1, 0.15) is 25.3 Å². The van der Waals surface area contributed by atoms with Crippen molar-refractivity contribution in [2.24, 2.45) is 16.9 Å². The zero-order valence-corrected chi connectivity index (χ0v) is 12.2. The van der Waals surface area contributed by atoms with Gasteiger partial charge in [-0.05, 0) is 42.9 Å². The molecule has 1 fully saturated rings. The maximum Gasteiger partial charge on any atom is 0.277 e. The van der Waals surface area contributed by atoms with Crippen LogP contribution in [-0.4, -0.2) is 18.2 Å². The number of amides is 1. The van der Waals surface area contributed by atoms with E-state index in [0.29, 0.717) is 17.6 Å². The summed E-state index contributed by atoms with van der Waals surface area (Å²) in [6, 6.07) is 7.79. The molecule has 21 heavy (non-hydrogen) atoms. The first-order valence-electron chi connectivity index (χ1n) is 7.50. The summed E-state index contributed by atoms with van der Waals surface area (Å²) in [5.74, 6) is 1.66. The van der Waals surface area contributed by atoms with E-state index >= 15 is 0 Å². The lowest BCUT2D eigenvalue weighted by atomic mass is 9.74. The zero-order chi connectivity index (χ0) is 14.7. The SMILES string of the molecule is CCc1ccc(OCC(=O)N/N=C2\CC3C=CCC23)cc1. The minimum Gasteiger partial charge on any atom is -0.484 e. The van der Waals surface area contributed by atoms with Crippen LogP contribution in [-0.2, 0) is 11.2 Å². The topological polar surface area (TPSA) is 50.7 Å². The Morgan fingerprint density at radius 2 is 2.19 bits per heavy atom. The van der Waals surface area contributed by atoms with E-state index in [2.05, 4.69) is 29.6 Å². The van der Waals surface area contributed by atoms with Crippen molar-refractivity contribution < 1.29 is 9.53 Å². The fourth-order valence-electron chi connectivity index (χ4n) is 2.80. The van der Waals surface area contributed by atoms with E-state index in [9.17, 15) is 4.79 Å². The first-order chi connectivity index (χ1) is 10.3. The Hall–Kier alpha value is -2.10. The molecule has 2 unspecified atom stereocenters. The third-order valence-electron chi connectivity index (χ3n) is 4.19. The molecule has 0 saturated heterocycles. The predicted octanol–water partition coefficient (Wildman–Crippen LogP) is 2.70. The Morgan fingerprint density at radius 1 is 1.38 bits per heavy atom. The van der Waals surface area contributed by atoms with Gasteiger partial charge in [-0.2, -0.15) is 5.10 Å². The number of hydrogen-bond donors (Lipinski definition) is 1. The molecule has 3 rings (SSSR count). The van der Waals surface area contributed by atoms with Gasteiger partial charge in [-0.25, -0.2) is 5.43 Å². The molecule has 0 heterocycles. The Balaban J connectivity index is 1.43. The Kier molecular flexibility index (Phi) is 4.04. The lowest BCUT2D eigenvalue weighted by Crippen LogP contribution is -2.36. The number of aryl methyl sites for hydroxylation is 1. The third kappa shape index (κ3) is 3.15. The molecule has 2 aliphatic rings. The van der Waals surface area contributed by atoms with E-state index in [1.165, 1.54) is 5.56 Å². The smallest absolute Gasteiger partial charge is 0.277 e. The molecule has 2 atom stereocenters. The fraction of sp³-hybridized carbons (Fsp3) is 0.412. The number of allylic oxidation sites excluding steroid dienone is 2. The third-order valence-corrected chi connectivity index (χ3v) is 4.19. The van der Waals surface area contributed by atoms with Gasteiger partial charge in [0.25, 0.3) is 5.91 Å².